The zero-order valence-corrected chi connectivity index (χ0v) is 13.3. The third-order valence-electron chi connectivity index (χ3n) is 2.98. The van der Waals surface area contributed by atoms with Crippen molar-refractivity contribution in [2.75, 3.05) is 7.11 Å². The molecule has 0 bridgehead atoms. The van der Waals surface area contributed by atoms with Crippen LogP contribution in [0.5, 0.6) is 5.75 Å². The summed E-state index contributed by atoms with van der Waals surface area (Å²) in [6, 6.07) is 2.10. The molecule has 0 fully saturated rings. The topological polar surface area (TPSA) is 82.6 Å². The van der Waals surface area contributed by atoms with E-state index in [1.165, 1.54) is 0 Å². The van der Waals surface area contributed by atoms with Gasteiger partial charge in [-0.1, -0.05) is 0 Å². The largest absolute Gasteiger partial charge is 0.534 e. The van der Waals surface area contributed by atoms with Crippen LogP contribution >= 0.6 is 0 Å². The van der Waals surface area contributed by atoms with Crippen molar-refractivity contribution < 1.29 is 48.5 Å². The number of hydrogen-bond acceptors (Lipinski definition) is 6. The van der Waals surface area contributed by atoms with Gasteiger partial charge in [-0.3, -0.25) is 0 Å². The molecular formula is C13H7F6NO5S. The van der Waals surface area contributed by atoms with Gasteiger partial charge in [-0.05, 0) is 18.2 Å². The molecule has 142 valence electrons. The fourth-order valence-corrected chi connectivity index (χ4v) is 2.28. The molecule has 0 atom stereocenters. The summed E-state index contributed by atoms with van der Waals surface area (Å²) in [6.45, 7) is 0. The summed E-state index contributed by atoms with van der Waals surface area (Å²) in [6.07, 6.45) is -4.87. The van der Waals surface area contributed by atoms with E-state index < -0.39 is 55.7 Å². The highest BCUT2D eigenvalue weighted by molar-refractivity contribution is 7.88. The molecule has 26 heavy (non-hydrogen) atoms. The van der Waals surface area contributed by atoms with Gasteiger partial charge in [0.25, 0.3) is 0 Å². The Labute approximate surface area is 141 Å². The third kappa shape index (κ3) is 3.81. The first-order valence-corrected chi connectivity index (χ1v) is 7.78. The number of carbonyl (C=O) groups excluding carboxylic acids is 1. The number of benzene rings is 1. The molecule has 0 radical (unpaired) electrons. The lowest BCUT2D eigenvalue weighted by atomic mass is 10.1. The van der Waals surface area contributed by atoms with Crippen molar-refractivity contribution >= 4 is 27.0 Å². The van der Waals surface area contributed by atoms with Crippen LogP contribution in [-0.2, 0) is 21.0 Å². The first kappa shape index (κ1) is 19.8. The number of alkyl halides is 6. The number of pyridine rings is 1. The molecule has 0 N–H and O–H groups in total. The maximum atomic E-state index is 12.8. The summed E-state index contributed by atoms with van der Waals surface area (Å²) in [4.78, 5) is 15.1. The SMILES string of the molecule is COC(=O)c1cc(OS(=O)(=O)C(F)(F)F)c2cc(C(F)(F)F)ccc2n1. The van der Waals surface area contributed by atoms with Gasteiger partial charge in [-0.25, -0.2) is 9.78 Å². The summed E-state index contributed by atoms with van der Waals surface area (Å²) >= 11 is 0. The predicted octanol–water partition coefficient (Wildman–Crippen LogP) is 3.27. The van der Waals surface area contributed by atoms with Gasteiger partial charge in [0, 0.05) is 11.5 Å². The molecule has 0 saturated carbocycles. The van der Waals surface area contributed by atoms with Crippen molar-refractivity contribution in [3.8, 4) is 5.75 Å². The molecule has 6 nitrogen and oxygen atoms in total. The number of methoxy groups -OCH3 is 1. The standard InChI is InChI=1S/C13H7F6NO5S/c1-24-11(21)9-5-10(25-26(22,23)13(17,18)19)7-4-6(12(14,15)16)2-3-8(7)20-9/h2-5H,1H3. The van der Waals surface area contributed by atoms with Crippen molar-refractivity contribution in [2.24, 2.45) is 0 Å². The number of aromatic nitrogens is 1. The molecule has 0 aliphatic carbocycles. The highest BCUT2D eigenvalue weighted by Gasteiger charge is 2.49. The number of rotatable bonds is 3. The minimum Gasteiger partial charge on any atom is -0.464 e. The second-order valence-electron chi connectivity index (χ2n) is 4.71. The fourth-order valence-electron chi connectivity index (χ4n) is 1.81. The van der Waals surface area contributed by atoms with E-state index in [1.807, 2.05) is 0 Å². The molecule has 1 aromatic heterocycles. The monoisotopic (exact) mass is 403 g/mol. The number of esters is 1. The smallest absolute Gasteiger partial charge is 0.464 e. The Morgan fingerprint density at radius 1 is 1.08 bits per heavy atom. The Balaban J connectivity index is 2.76. The Kier molecular flexibility index (Phi) is 4.79. The van der Waals surface area contributed by atoms with Crippen LogP contribution in [0.3, 0.4) is 0 Å². The third-order valence-corrected chi connectivity index (χ3v) is 3.94. The van der Waals surface area contributed by atoms with Crippen LogP contribution in [-0.4, -0.2) is 32.0 Å². The van der Waals surface area contributed by atoms with Crippen molar-refractivity contribution in [1.82, 2.24) is 4.98 Å². The molecule has 13 heteroatoms. The average molecular weight is 403 g/mol. The first-order valence-electron chi connectivity index (χ1n) is 6.37. The fraction of sp³-hybridized carbons (Fsp3) is 0.231. The molecule has 0 unspecified atom stereocenters. The average Bonchev–Trinajstić information content (AvgIpc) is 2.51. The van der Waals surface area contributed by atoms with E-state index in [4.69, 9.17) is 0 Å². The maximum Gasteiger partial charge on any atom is 0.534 e. The molecule has 0 aliphatic rings. The summed E-state index contributed by atoms with van der Waals surface area (Å²) in [7, 11) is -5.29. The van der Waals surface area contributed by atoms with E-state index >= 15 is 0 Å². The van der Waals surface area contributed by atoms with Crippen LogP contribution in [0.2, 0.25) is 0 Å². The number of nitrogens with zero attached hydrogens (tertiary/aromatic N) is 1. The van der Waals surface area contributed by atoms with Gasteiger partial charge in [0.15, 0.2) is 11.4 Å². The molecule has 0 amide bonds. The summed E-state index contributed by atoms with van der Waals surface area (Å²) in [5.74, 6) is -2.32. The van der Waals surface area contributed by atoms with E-state index in [0.29, 0.717) is 18.2 Å². The van der Waals surface area contributed by atoms with E-state index in [9.17, 15) is 39.6 Å². The summed E-state index contributed by atoms with van der Waals surface area (Å²) < 4.78 is 107. The minimum absolute atomic E-state index is 0.352. The normalized spacial score (nSPS) is 12.9. The molecule has 2 rings (SSSR count). The summed E-state index contributed by atoms with van der Waals surface area (Å²) in [5, 5.41) is -0.694. The molecule has 2 aromatic rings. The van der Waals surface area contributed by atoms with Crippen LogP contribution in [0.4, 0.5) is 26.3 Å². The molecule has 0 saturated heterocycles. The number of halogens is 6. The number of carbonyl (C=O) groups is 1. The van der Waals surface area contributed by atoms with Crippen LogP contribution in [0, 0.1) is 0 Å². The van der Waals surface area contributed by atoms with E-state index in [2.05, 4.69) is 13.9 Å². The Hall–Kier alpha value is -2.57. The second-order valence-corrected chi connectivity index (χ2v) is 6.25. The van der Waals surface area contributed by atoms with Gasteiger partial charge in [-0.2, -0.15) is 34.8 Å². The Morgan fingerprint density at radius 3 is 2.19 bits per heavy atom. The summed E-state index contributed by atoms with van der Waals surface area (Å²) in [5.41, 5.74) is -8.19. The second kappa shape index (κ2) is 6.30. The van der Waals surface area contributed by atoms with E-state index in [0.717, 1.165) is 13.2 Å². The van der Waals surface area contributed by atoms with Gasteiger partial charge in [0.1, 0.15) is 0 Å². The highest BCUT2D eigenvalue weighted by Crippen LogP contribution is 2.36. The number of ether oxygens (including phenoxy) is 1. The molecular weight excluding hydrogens is 396 g/mol. The quantitative estimate of drug-likeness (QED) is 0.339. The van der Waals surface area contributed by atoms with Crippen LogP contribution < -0.4 is 4.18 Å². The molecule has 1 heterocycles. The van der Waals surface area contributed by atoms with Crippen molar-refractivity contribution in [3.05, 3.63) is 35.5 Å². The molecule has 0 spiro atoms. The van der Waals surface area contributed by atoms with E-state index in [-0.39, 0.29) is 0 Å². The molecule has 1 aromatic carbocycles. The zero-order chi connectivity index (χ0) is 19.9. The van der Waals surface area contributed by atoms with Gasteiger partial charge >= 0.3 is 27.8 Å². The minimum atomic E-state index is -6.20. The van der Waals surface area contributed by atoms with E-state index in [1.54, 1.807) is 0 Å². The lowest BCUT2D eigenvalue weighted by Gasteiger charge is -2.14. The lowest BCUT2D eigenvalue weighted by Crippen LogP contribution is -2.28. The Bertz CT molecular complexity index is 967. The predicted molar refractivity (Wildman–Crippen MR) is 73.7 cm³/mol. The van der Waals surface area contributed by atoms with Gasteiger partial charge in [0.05, 0.1) is 18.2 Å². The first-order chi connectivity index (χ1) is 11.8. The van der Waals surface area contributed by atoms with Crippen LogP contribution in [0.15, 0.2) is 24.3 Å². The Morgan fingerprint density at radius 2 is 1.69 bits per heavy atom. The zero-order valence-electron chi connectivity index (χ0n) is 12.5. The highest BCUT2D eigenvalue weighted by atomic mass is 32.2. The van der Waals surface area contributed by atoms with Crippen molar-refractivity contribution in [1.29, 1.82) is 0 Å². The maximum absolute atomic E-state index is 12.8. The van der Waals surface area contributed by atoms with Crippen molar-refractivity contribution in [3.63, 3.8) is 0 Å². The number of fused-ring (bicyclic) bond motifs is 1. The van der Waals surface area contributed by atoms with Gasteiger partial charge in [0.2, 0.25) is 0 Å². The van der Waals surface area contributed by atoms with Crippen molar-refractivity contribution in [2.45, 2.75) is 11.7 Å². The lowest BCUT2D eigenvalue weighted by molar-refractivity contribution is -0.137. The van der Waals surface area contributed by atoms with Gasteiger partial charge < -0.3 is 8.92 Å². The molecule has 0 aliphatic heterocycles. The van der Waals surface area contributed by atoms with Crippen LogP contribution in [0.25, 0.3) is 10.9 Å². The van der Waals surface area contributed by atoms with Gasteiger partial charge in [-0.15, -0.1) is 0 Å². The number of hydrogen-bond donors (Lipinski definition) is 0. The van der Waals surface area contributed by atoms with Crippen LogP contribution in [0.1, 0.15) is 16.1 Å².